The number of phenols is 1. The van der Waals surface area contributed by atoms with Crippen molar-refractivity contribution in [3.63, 3.8) is 0 Å². The molecule has 2 N–H and O–H groups in total. The zero-order valence-electron chi connectivity index (χ0n) is 11.0. The number of carbonyl (C=O) groups excluding carboxylic acids is 1. The van der Waals surface area contributed by atoms with Gasteiger partial charge in [0.05, 0.1) is 17.7 Å². The standard InChI is InChI=1S/C15H16N2O2/c1-15(2)8-10(18)7-13(11(15)9-16)17-12-5-3-4-6-14(12)19/h3-7,11,17,19H,8H2,1-2H3. The molecule has 0 amide bonds. The van der Waals surface area contributed by atoms with Crippen LogP contribution >= 0.6 is 0 Å². The van der Waals surface area contributed by atoms with E-state index < -0.39 is 11.3 Å². The summed E-state index contributed by atoms with van der Waals surface area (Å²) in [5.74, 6) is -0.310. The lowest BCUT2D eigenvalue weighted by Crippen LogP contribution is -2.34. The van der Waals surface area contributed by atoms with Crippen LogP contribution < -0.4 is 5.32 Å². The van der Waals surface area contributed by atoms with Crippen LogP contribution in [0.25, 0.3) is 0 Å². The van der Waals surface area contributed by atoms with Crippen molar-refractivity contribution in [1.82, 2.24) is 0 Å². The predicted molar refractivity (Wildman–Crippen MR) is 72.3 cm³/mol. The maximum Gasteiger partial charge on any atom is 0.158 e. The smallest absolute Gasteiger partial charge is 0.158 e. The van der Waals surface area contributed by atoms with Crippen molar-refractivity contribution >= 4 is 11.5 Å². The van der Waals surface area contributed by atoms with Crippen LogP contribution in [0.15, 0.2) is 36.0 Å². The summed E-state index contributed by atoms with van der Waals surface area (Å²) in [6, 6.07) is 8.99. The number of para-hydroxylation sites is 2. The molecule has 0 aromatic heterocycles. The van der Waals surface area contributed by atoms with E-state index in [-0.39, 0.29) is 11.5 Å². The lowest BCUT2D eigenvalue weighted by molar-refractivity contribution is -0.117. The number of rotatable bonds is 2. The Balaban J connectivity index is 2.35. The lowest BCUT2D eigenvalue weighted by atomic mass is 9.70. The number of hydrogen-bond donors (Lipinski definition) is 2. The summed E-state index contributed by atoms with van der Waals surface area (Å²) in [5, 5.41) is 22.1. The lowest BCUT2D eigenvalue weighted by Gasteiger charge is -2.34. The van der Waals surface area contributed by atoms with Crippen LogP contribution in [-0.2, 0) is 4.79 Å². The van der Waals surface area contributed by atoms with Gasteiger partial charge in [0, 0.05) is 18.2 Å². The third-order valence-electron chi connectivity index (χ3n) is 3.35. The van der Waals surface area contributed by atoms with Crippen LogP contribution in [0.1, 0.15) is 20.3 Å². The highest BCUT2D eigenvalue weighted by atomic mass is 16.3. The fourth-order valence-corrected chi connectivity index (χ4v) is 2.37. The second-order valence-corrected chi connectivity index (χ2v) is 5.44. The number of nitriles is 1. The van der Waals surface area contributed by atoms with E-state index >= 15 is 0 Å². The Labute approximate surface area is 112 Å². The van der Waals surface area contributed by atoms with Gasteiger partial charge in [-0.1, -0.05) is 26.0 Å². The molecule has 98 valence electrons. The Morgan fingerprint density at radius 1 is 1.42 bits per heavy atom. The van der Waals surface area contributed by atoms with E-state index in [1.807, 2.05) is 13.8 Å². The van der Waals surface area contributed by atoms with E-state index in [1.54, 1.807) is 24.3 Å². The summed E-state index contributed by atoms with van der Waals surface area (Å²) in [6.07, 6.45) is 1.82. The minimum absolute atomic E-state index is 0.00517. The number of aromatic hydroxyl groups is 1. The Kier molecular flexibility index (Phi) is 3.30. The molecule has 1 aliphatic rings. The van der Waals surface area contributed by atoms with Crippen LogP contribution in [0.3, 0.4) is 0 Å². The minimum Gasteiger partial charge on any atom is -0.506 e. The molecular weight excluding hydrogens is 240 g/mol. The van der Waals surface area contributed by atoms with Crippen molar-refractivity contribution < 1.29 is 9.90 Å². The number of anilines is 1. The Morgan fingerprint density at radius 3 is 2.74 bits per heavy atom. The molecule has 0 saturated heterocycles. The molecule has 1 aromatic carbocycles. The summed E-state index contributed by atoms with van der Waals surface area (Å²) in [5.41, 5.74) is 0.637. The maximum atomic E-state index is 11.7. The van der Waals surface area contributed by atoms with Gasteiger partial charge in [-0.05, 0) is 17.5 Å². The minimum atomic E-state index is -0.409. The summed E-state index contributed by atoms with van der Waals surface area (Å²) in [7, 11) is 0. The largest absolute Gasteiger partial charge is 0.506 e. The first kappa shape index (κ1) is 13.2. The van der Waals surface area contributed by atoms with Crippen LogP contribution in [0, 0.1) is 22.7 Å². The molecule has 1 aliphatic carbocycles. The molecule has 19 heavy (non-hydrogen) atoms. The third-order valence-corrected chi connectivity index (χ3v) is 3.35. The molecule has 1 unspecified atom stereocenters. The van der Waals surface area contributed by atoms with Gasteiger partial charge in [0.1, 0.15) is 5.75 Å². The van der Waals surface area contributed by atoms with E-state index in [0.29, 0.717) is 17.8 Å². The number of hydrogen-bond acceptors (Lipinski definition) is 4. The molecule has 0 heterocycles. The van der Waals surface area contributed by atoms with Gasteiger partial charge in [-0.3, -0.25) is 4.79 Å². The first-order valence-electron chi connectivity index (χ1n) is 6.13. The van der Waals surface area contributed by atoms with Gasteiger partial charge in [0.2, 0.25) is 0 Å². The van der Waals surface area contributed by atoms with Crippen molar-refractivity contribution in [2.45, 2.75) is 20.3 Å². The summed E-state index contributed by atoms with van der Waals surface area (Å²) >= 11 is 0. The van der Waals surface area contributed by atoms with E-state index in [0.717, 1.165) is 0 Å². The van der Waals surface area contributed by atoms with Crippen LogP contribution in [0.5, 0.6) is 5.75 Å². The number of nitrogens with one attached hydrogen (secondary N) is 1. The van der Waals surface area contributed by atoms with Crippen LogP contribution in [-0.4, -0.2) is 10.9 Å². The summed E-state index contributed by atoms with van der Waals surface area (Å²) in [4.78, 5) is 11.7. The SMILES string of the molecule is CC1(C)CC(=O)C=C(Nc2ccccc2O)C1C#N. The van der Waals surface area contributed by atoms with E-state index in [2.05, 4.69) is 11.4 Å². The average molecular weight is 256 g/mol. The average Bonchev–Trinajstić information content (AvgIpc) is 2.30. The van der Waals surface area contributed by atoms with Gasteiger partial charge in [-0.2, -0.15) is 5.26 Å². The number of phenolic OH excluding ortho intramolecular Hbond substituents is 1. The van der Waals surface area contributed by atoms with Gasteiger partial charge in [-0.25, -0.2) is 0 Å². The highest BCUT2D eigenvalue weighted by Crippen LogP contribution is 2.40. The van der Waals surface area contributed by atoms with E-state index in [4.69, 9.17) is 0 Å². The quantitative estimate of drug-likeness (QED) is 0.798. The van der Waals surface area contributed by atoms with Gasteiger partial charge in [0.25, 0.3) is 0 Å². The molecule has 0 aliphatic heterocycles. The molecule has 0 saturated carbocycles. The summed E-state index contributed by atoms with van der Waals surface area (Å²) < 4.78 is 0. The normalized spacial score (nSPS) is 21.4. The third kappa shape index (κ3) is 2.60. The van der Waals surface area contributed by atoms with Crippen LogP contribution in [0.2, 0.25) is 0 Å². The molecule has 1 aromatic rings. The molecule has 2 rings (SSSR count). The Bertz CT molecular complexity index is 582. The molecule has 4 nitrogen and oxygen atoms in total. The van der Waals surface area contributed by atoms with Gasteiger partial charge in [0.15, 0.2) is 5.78 Å². The topological polar surface area (TPSA) is 73.1 Å². The second-order valence-electron chi connectivity index (χ2n) is 5.44. The first-order valence-corrected chi connectivity index (χ1v) is 6.13. The molecule has 0 fully saturated rings. The number of benzene rings is 1. The summed E-state index contributed by atoms with van der Waals surface area (Å²) in [6.45, 7) is 3.80. The predicted octanol–water partition coefficient (Wildman–Crippen LogP) is 2.83. The maximum absolute atomic E-state index is 11.7. The molecule has 0 bridgehead atoms. The molecule has 0 radical (unpaired) electrons. The molecule has 1 atom stereocenters. The van der Waals surface area contributed by atoms with Crippen molar-refractivity contribution in [2.75, 3.05) is 5.32 Å². The number of ketones is 1. The monoisotopic (exact) mass is 256 g/mol. The second kappa shape index (κ2) is 4.77. The highest BCUT2D eigenvalue weighted by Gasteiger charge is 2.38. The number of nitrogens with zero attached hydrogens (tertiary/aromatic N) is 1. The Morgan fingerprint density at radius 2 is 2.11 bits per heavy atom. The zero-order chi connectivity index (χ0) is 14.0. The first-order chi connectivity index (χ1) is 8.94. The van der Waals surface area contributed by atoms with Crippen molar-refractivity contribution in [3.05, 3.63) is 36.0 Å². The van der Waals surface area contributed by atoms with Gasteiger partial charge < -0.3 is 10.4 Å². The fraction of sp³-hybridized carbons (Fsp3) is 0.333. The van der Waals surface area contributed by atoms with Gasteiger partial charge >= 0.3 is 0 Å². The molecular formula is C15H16N2O2. The number of carbonyl (C=O) groups is 1. The fourth-order valence-electron chi connectivity index (χ4n) is 2.37. The van der Waals surface area contributed by atoms with Gasteiger partial charge in [-0.15, -0.1) is 0 Å². The van der Waals surface area contributed by atoms with Crippen molar-refractivity contribution in [3.8, 4) is 11.8 Å². The zero-order valence-corrected chi connectivity index (χ0v) is 11.0. The van der Waals surface area contributed by atoms with Crippen LogP contribution in [0.4, 0.5) is 5.69 Å². The number of allylic oxidation sites excluding steroid dienone is 2. The molecule has 4 heteroatoms. The van der Waals surface area contributed by atoms with E-state index in [1.165, 1.54) is 6.08 Å². The van der Waals surface area contributed by atoms with Crippen molar-refractivity contribution in [2.24, 2.45) is 11.3 Å². The Hall–Kier alpha value is -2.28. The van der Waals surface area contributed by atoms with Crippen molar-refractivity contribution in [1.29, 1.82) is 5.26 Å². The van der Waals surface area contributed by atoms with E-state index in [9.17, 15) is 15.2 Å². The molecule has 0 spiro atoms. The highest BCUT2D eigenvalue weighted by molar-refractivity contribution is 5.93.